The molecule has 1 rings (SSSR count). The van der Waals surface area contributed by atoms with Crippen LogP contribution in [0.1, 0.15) is 65.9 Å². The van der Waals surface area contributed by atoms with Gasteiger partial charge in [0.15, 0.2) is 0 Å². The van der Waals surface area contributed by atoms with Crippen LogP contribution in [0.15, 0.2) is 41.5 Å². The number of esters is 1. The minimum Gasteiger partial charge on any atom is -0.423 e. The Morgan fingerprint density at radius 1 is 1.26 bits per heavy atom. The summed E-state index contributed by atoms with van der Waals surface area (Å²) in [6.07, 6.45) is 7.83. The molecule has 0 aliphatic heterocycles. The zero-order valence-corrected chi connectivity index (χ0v) is 17.0. The molecule has 0 fully saturated rings. The highest BCUT2D eigenvalue weighted by Gasteiger charge is 2.12. The Morgan fingerprint density at radius 2 is 1.96 bits per heavy atom. The molecule has 0 radical (unpaired) electrons. The number of hydrogen-bond donors (Lipinski definition) is 0. The number of carbonyl (C=O) groups is 1. The van der Waals surface area contributed by atoms with Crippen LogP contribution in [-0.2, 0) is 4.79 Å². The van der Waals surface area contributed by atoms with Crippen LogP contribution in [0.3, 0.4) is 0 Å². The number of allylic oxidation sites excluding steroid dienone is 3. The molecule has 0 saturated heterocycles. The molecule has 0 N–H and O–H groups in total. The summed E-state index contributed by atoms with van der Waals surface area (Å²) in [5, 5.41) is 8.75. The molecule has 1 atom stereocenters. The summed E-state index contributed by atoms with van der Waals surface area (Å²) >= 11 is 0. The third-order valence-corrected chi connectivity index (χ3v) is 4.66. The second kappa shape index (κ2) is 11.3. The average molecular weight is 371 g/mol. The summed E-state index contributed by atoms with van der Waals surface area (Å²) in [5.41, 5.74) is 1.67. The van der Waals surface area contributed by atoms with Crippen molar-refractivity contribution in [2.45, 2.75) is 60.3 Å². The maximum absolute atomic E-state index is 13.6. The molecule has 4 heteroatoms. The number of halogens is 1. The van der Waals surface area contributed by atoms with E-state index in [9.17, 15) is 9.18 Å². The lowest BCUT2D eigenvalue weighted by Gasteiger charge is -2.13. The van der Waals surface area contributed by atoms with Crippen molar-refractivity contribution >= 4 is 5.97 Å². The van der Waals surface area contributed by atoms with Crippen LogP contribution in [0.5, 0.6) is 5.75 Å². The molecule has 0 bridgehead atoms. The fraction of sp³-hybridized carbons (Fsp3) is 0.478. The van der Waals surface area contributed by atoms with Gasteiger partial charge in [-0.05, 0) is 43.7 Å². The minimum absolute atomic E-state index is 0.0777. The smallest absolute Gasteiger partial charge is 0.339 e. The summed E-state index contributed by atoms with van der Waals surface area (Å²) in [4.78, 5) is 12.3. The van der Waals surface area contributed by atoms with E-state index in [-0.39, 0.29) is 11.3 Å². The highest BCUT2D eigenvalue weighted by molar-refractivity contribution is 5.90. The first kappa shape index (κ1) is 22.6. The molecule has 0 aliphatic rings. The Balaban J connectivity index is 2.76. The van der Waals surface area contributed by atoms with E-state index < -0.39 is 11.8 Å². The number of ether oxygens (including phenoxy) is 1. The monoisotopic (exact) mass is 371 g/mol. The molecule has 146 valence electrons. The van der Waals surface area contributed by atoms with Crippen molar-refractivity contribution in [1.29, 1.82) is 5.26 Å². The Labute approximate surface area is 162 Å². The quantitative estimate of drug-likeness (QED) is 0.220. The molecule has 0 aromatic heterocycles. The summed E-state index contributed by atoms with van der Waals surface area (Å²) in [5.74, 6) is 0.0733. The van der Waals surface area contributed by atoms with Crippen molar-refractivity contribution in [2.24, 2.45) is 11.8 Å². The van der Waals surface area contributed by atoms with Gasteiger partial charge in [-0.25, -0.2) is 9.18 Å². The zero-order valence-electron chi connectivity index (χ0n) is 17.0. The van der Waals surface area contributed by atoms with Crippen molar-refractivity contribution in [3.8, 4) is 11.8 Å². The van der Waals surface area contributed by atoms with Crippen LogP contribution in [0, 0.1) is 29.0 Å². The molecule has 3 nitrogen and oxygen atoms in total. The first-order valence-electron chi connectivity index (χ1n) is 9.57. The third kappa shape index (κ3) is 7.78. The van der Waals surface area contributed by atoms with E-state index in [0.717, 1.165) is 18.4 Å². The Hall–Kier alpha value is -2.41. The van der Waals surface area contributed by atoms with Gasteiger partial charge in [0.05, 0.1) is 5.56 Å². The molecule has 1 unspecified atom stereocenters. The van der Waals surface area contributed by atoms with Gasteiger partial charge in [-0.1, -0.05) is 58.3 Å². The predicted octanol–water partition coefficient (Wildman–Crippen LogP) is 6.35. The van der Waals surface area contributed by atoms with Crippen molar-refractivity contribution < 1.29 is 13.9 Å². The lowest BCUT2D eigenvalue weighted by Crippen LogP contribution is -2.11. The lowest BCUT2D eigenvalue weighted by molar-refractivity contribution is -0.130. The van der Waals surface area contributed by atoms with Gasteiger partial charge in [-0.2, -0.15) is 5.26 Å². The topological polar surface area (TPSA) is 50.1 Å². The van der Waals surface area contributed by atoms with Crippen LogP contribution in [0.2, 0.25) is 0 Å². The molecule has 0 heterocycles. The third-order valence-electron chi connectivity index (χ3n) is 4.66. The highest BCUT2D eigenvalue weighted by Crippen LogP contribution is 2.21. The second-order valence-electron chi connectivity index (χ2n) is 7.32. The van der Waals surface area contributed by atoms with Gasteiger partial charge in [0.2, 0.25) is 0 Å². The minimum atomic E-state index is -0.698. The highest BCUT2D eigenvalue weighted by atomic mass is 19.1. The van der Waals surface area contributed by atoms with Gasteiger partial charge in [0.25, 0.3) is 0 Å². The van der Waals surface area contributed by atoms with E-state index >= 15 is 0 Å². The van der Waals surface area contributed by atoms with E-state index in [4.69, 9.17) is 10.00 Å². The van der Waals surface area contributed by atoms with Crippen molar-refractivity contribution in [1.82, 2.24) is 0 Å². The van der Waals surface area contributed by atoms with Crippen molar-refractivity contribution in [2.75, 3.05) is 0 Å². The number of nitriles is 1. The van der Waals surface area contributed by atoms with Crippen LogP contribution in [0.4, 0.5) is 4.39 Å². The maximum Gasteiger partial charge on any atom is 0.339 e. The fourth-order valence-electron chi connectivity index (χ4n) is 2.61. The van der Waals surface area contributed by atoms with Crippen LogP contribution < -0.4 is 4.74 Å². The molecule has 27 heavy (non-hydrogen) atoms. The SMILES string of the molecule is CC/C(=C\C=C(/C)C(C)CCCC(C)C)C(=O)Oc1ccc(C#N)c(F)c1. The van der Waals surface area contributed by atoms with Gasteiger partial charge >= 0.3 is 5.97 Å². The number of hydrogen-bond acceptors (Lipinski definition) is 3. The van der Waals surface area contributed by atoms with E-state index in [1.54, 1.807) is 12.1 Å². The number of benzene rings is 1. The first-order chi connectivity index (χ1) is 12.8. The molecule has 1 aromatic rings. The molecule has 0 saturated carbocycles. The standard InChI is InChI=1S/C23H30FNO2/c1-6-19(11-10-18(5)17(4)9-7-8-16(2)3)23(26)27-21-13-12-20(15-25)22(24)14-21/h10-14,16-17H,6-9H2,1-5H3/b18-10+,19-11+. The maximum atomic E-state index is 13.6. The normalized spacial score (nSPS) is 13.4. The molecule has 1 aromatic carbocycles. The Morgan fingerprint density at radius 3 is 2.52 bits per heavy atom. The lowest BCUT2D eigenvalue weighted by atomic mass is 9.94. The first-order valence-corrected chi connectivity index (χ1v) is 9.57. The summed E-state index contributed by atoms with van der Waals surface area (Å²) < 4.78 is 18.9. The van der Waals surface area contributed by atoms with E-state index in [1.807, 2.05) is 13.0 Å². The summed E-state index contributed by atoms with van der Waals surface area (Å²) in [6.45, 7) is 10.6. The second-order valence-corrected chi connectivity index (χ2v) is 7.32. The van der Waals surface area contributed by atoms with E-state index in [2.05, 4.69) is 27.7 Å². The van der Waals surface area contributed by atoms with Crippen molar-refractivity contribution in [3.05, 3.63) is 52.9 Å². The van der Waals surface area contributed by atoms with Crippen LogP contribution in [-0.4, -0.2) is 5.97 Å². The molecule has 0 spiro atoms. The van der Waals surface area contributed by atoms with Gasteiger partial charge < -0.3 is 4.74 Å². The predicted molar refractivity (Wildman–Crippen MR) is 107 cm³/mol. The van der Waals surface area contributed by atoms with Crippen molar-refractivity contribution in [3.63, 3.8) is 0 Å². The molecule has 0 aliphatic carbocycles. The summed E-state index contributed by atoms with van der Waals surface area (Å²) in [7, 11) is 0. The Bertz CT molecular complexity index is 741. The van der Waals surface area contributed by atoms with E-state index in [0.29, 0.717) is 17.9 Å². The van der Waals surface area contributed by atoms with Gasteiger partial charge in [0, 0.05) is 11.6 Å². The largest absolute Gasteiger partial charge is 0.423 e. The van der Waals surface area contributed by atoms with Crippen LogP contribution >= 0.6 is 0 Å². The number of carbonyl (C=O) groups excluding carboxylic acids is 1. The molecule has 0 amide bonds. The van der Waals surface area contributed by atoms with Gasteiger partial charge in [0.1, 0.15) is 17.6 Å². The number of rotatable bonds is 9. The van der Waals surface area contributed by atoms with Crippen LogP contribution in [0.25, 0.3) is 0 Å². The average Bonchev–Trinajstić information content (AvgIpc) is 2.61. The fourth-order valence-corrected chi connectivity index (χ4v) is 2.61. The van der Waals surface area contributed by atoms with Gasteiger partial charge in [-0.3, -0.25) is 0 Å². The van der Waals surface area contributed by atoms with Gasteiger partial charge in [-0.15, -0.1) is 0 Å². The summed E-state index contributed by atoms with van der Waals surface area (Å²) in [6, 6.07) is 5.52. The molecular weight excluding hydrogens is 341 g/mol. The zero-order chi connectivity index (χ0) is 20.4. The van der Waals surface area contributed by atoms with E-state index in [1.165, 1.54) is 30.5 Å². The Kier molecular flexibility index (Phi) is 9.50. The molecular formula is C23H30FNO2. The number of nitrogens with zero attached hydrogens (tertiary/aromatic N) is 1.